The fraction of sp³-hybridized carbons (Fsp3) is 0.526. The Hall–Kier alpha value is -2.25. The summed E-state index contributed by atoms with van der Waals surface area (Å²) in [5, 5.41) is 4.15. The van der Waals surface area contributed by atoms with Crippen molar-refractivity contribution >= 4 is 6.21 Å². The van der Waals surface area contributed by atoms with Gasteiger partial charge in [0, 0.05) is 22.7 Å². The van der Waals surface area contributed by atoms with E-state index in [0.29, 0.717) is 5.92 Å². The number of nitrogens with zero attached hydrogens (tertiary/aromatic N) is 1. The zero-order valence-corrected chi connectivity index (χ0v) is 15.3. The van der Waals surface area contributed by atoms with E-state index in [1.807, 2.05) is 0 Å². The van der Waals surface area contributed by atoms with Crippen molar-refractivity contribution in [1.29, 1.82) is 0 Å². The van der Waals surface area contributed by atoms with Crippen LogP contribution in [0.5, 0.6) is 11.5 Å². The number of ether oxygens (including phenoxy) is 2. The minimum atomic E-state index is -3.10. The zero-order valence-electron chi connectivity index (χ0n) is 15.3. The summed E-state index contributed by atoms with van der Waals surface area (Å²) in [7, 11) is 0. The molecule has 2 aliphatic rings. The maximum absolute atomic E-state index is 12.6. The van der Waals surface area contributed by atoms with Crippen LogP contribution in [0.25, 0.3) is 0 Å². The van der Waals surface area contributed by atoms with E-state index in [0.717, 1.165) is 24.6 Å². The third-order valence-electron chi connectivity index (χ3n) is 6.08. The van der Waals surface area contributed by atoms with Gasteiger partial charge in [-0.15, -0.1) is 0 Å². The molecule has 1 aromatic carbocycles. The fourth-order valence-electron chi connectivity index (χ4n) is 4.02. The largest absolute Gasteiger partial charge is 0.435 e. The van der Waals surface area contributed by atoms with Gasteiger partial charge in [0.05, 0.1) is 6.21 Å². The Bertz CT molecular complexity index is 764. The maximum atomic E-state index is 12.6. The molecule has 0 unspecified atom stereocenters. The first-order chi connectivity index (χ1) is 12.6. The number of alkyl halides is 4. The van der Waals surface area contributed by atoms with Crippen molar-refractivity contribution in [3.8, 4) is 11.5 Å². The molecule has 2 bridgehead atoms. The van der Waals surface area contributed by atoms with Gasteiger partial charge < -0.3 is 9.47 Å². The molecule has 1 N–H and O–H groups in total. The first-order valence-corrected chi connectivity index (χ1v) is 8.68. The lowest BCUT2D eigenvalue weighted by Gasteiger charge is -2.36. The van der Waals surface area contributed by atoms with Crippen molar-refractivity contribution in [3.63, 3.8) is 0 Å². The van der Waals surface area contributed by atoms with Crippen LogP contribution in [0.15, 0.2) is 35.1 Å². The molecule has 8 heteroatoms. The monoisotopic (exact) mass is 386 g/mol. The number of allylic oxidation sites excluding steroid dienone is 2. The highest BCUT2D eigenvalue weighted by Gasteiger charge is 2.57. The number of benzene rings is 1. The van der Waals surface area contributed by atoms with Crippen LogP contribution in [0, 0.1) is 16.7 Å². The van der Waals surface area contributed by atoms with Crippen LogP contribution in [0.1, 0.15) is 39.2 Å². The second-order valence-corrected chi connectivity index (χ2v) is 7.61. The predicted octanol–water partition coefficient (Wildman–Crippen LogP) is 5.15. The van der Waals surface area contributed by atoms with Crippen LogP contribution in [0.4, 0.5) is 17.6 Å². The average molecular weight is 386 g/mol. The first kappa shape index (κ1) is 19.5. The van der Waals surface area contributed by atoms with Crippen LogP contribution in [-0.2, 0) is 0 Å². The Balaban J connectivity index is 1.76. The minimum absolute atomic E-state index is 0.0216. The Morgan fingerprint density at radius 3 is 2.41 bits per heavy atom. The molecule has 2 atom stereocenters. The van der Waals surface area contributed by atoms with E-state index < -0.39 is 13.2 Å². The Morgan fingerprint density at radius 2 is 1.85 bits per heavy atom. The summed E-state index contributed by atoms with van der Waals surface area (Å²) in [6.07, 6.45) is 5.69. The van der Waals surface area contributed by atoms with Crippen molar-refractivity contribution in [1.82, 2.24) is 5.43 Å². The normalized spacial score (nSPS) is 26.1. The maximum Gasteiger partial charge on any atom is 0.387 e. The van der Waals surface area contributed by atoms with Gasteiger partial charge in [-0.1, -0.05) is 26.8 Å². The van der Waals surface area contributed by atoms with Gasteiger partial charge in [-0.25, -0.2) is 0 Å². The van der Waals surface area contributed by atoms with Crippen molar-refractivity contribution in [2.24, 2.45) is 21.8 Å². The molecule has 0 amide bonds. The molecule has 1 fully saturated rings. The van der Waals surface area contributed by atoms with Crippen molar-refractivity contribution in [3.05, 3.63) is 35.5 Å². The standard InChI is InChI=1S/C19H22F4N2O2/c1-18(2)12-6-7-19(18,3)15(8-12)25-24-10-11-4-5-13(26-16(20)21)9-14(11)27-17(22)23/h4-5,8-10,12,16-17,25H,6-7H2,1-3H3/b24-10-/t12-,19-/m1/s1. The fourth-order valence-corrected chi connectivity index (χ4v) is 4.02. The van der Waals surface area contributed by atoms with E-state index in [-0.39, 0.29) is 27.9 Å². The van der Waals surface area contributed by atoms with Crippen LogP contribution < -0.4 is 14.9 Å². The molecule has 0 heterocycles. The topological polar surface area (TPSA) is 42.9 Å². The van der Waals surface area contributed by atoms with Crippen molar-refractivity contribution in [2.45, 2.75) is 46.8 Å². The number of fused-ring (bicyclic) bond motifs is 2. The molecule has 27 heavy (non-hydrogen) atoms. The summed E-state index contributed by atoms with van der Waals surface area (Å²) in [6, 6.07) is 3.56. The van der Waals surface area contributed by atoms with Crippen LogP contribution in [0.3, 0.4) is 0 Å². The number of nitrogens with one attached hydrogen (secondary N) is 1. The van der Waals surface area contributed by atoms with Crippen LogP contribution >= 0.6 is 0 Å². The van der Waals surface area contributed by atoms with E-state index in [1.54, 1.807) is 0 Å². The van der Waals surface area contributed by atoms with Gasteiger partial charge in [0.15, 0.2) is 0 Å². The first-order valence-electron chi connectivity index (χ1n) is 8.68. The lowest BCUT2D eigenvalue weighted by Crippen LogP contribution is -2.33. The Morgan fingerprint density at radius 1 is 1.15 bits per heavy atom. The van der Waals surface area contributed by atoms with E-state index >= 15 is 0 Å². The third-order valence-corrected chi connectivity index (χ3v) is 6.08. The van der Waals surface area contributed by atoms with Gasteiger partial charge in [0.1, 0.15) is 11.5 Å². The second-order valence-electron chi connectivity index (χ2n) is 7.61. The molecule has 1 saturated carbocycles. The van der Waals surface area contributed by atoms with Crippen LogP contribution in [-0.4, -0.2) is 19.4 Å². The molecule has 0 aromatic heterocycles. The summed E-state index contributed by atoms with van der Waals surface area (Å²) in [6.45, 7) is 0.501. The van der Waals surface area contributed by atoms with Crippen molar-refractivity contribution < 1.29 is 27.0 Å². The van der Waals surface area contributed by atoms with E-state index in [9.17, 15) is 17.6 Å². The van der Waals surface area contributed by atoms with E-state index in [1.165, 1.54) is 18.3 Å². The van der Waals surface area contributed by atoms with Gasteiger partial charge in [0.25, 0.3) is 0 Å². The predicted molar refractivity (Wildman–Crippen MR) is 93.1 cm³/mol. The second kappa shape index (κ2) is 7.05. The quantitative estimate of drug-likeness (QED) is 0.400. The molecule has 3 rings (SSSR count). The lowest BCUT2D eigenvalue weighted by atomic mass is 9.69. The highest BCUT2D eigenvalue weighted by molar-refractivity contribution is 5.83. The Labute approximate surface area is 155 Å². The lowest BCUT2D eigenvalue weighted by molar-refractivity contribution is -0.0543. The molecule has 0 radical (unpaired) electrons. The average Bonchev–Trinajstić information content (AvgIpc) is 2.89. The molecule has 0 aliphatic heterocycles. The molecule has 2 aliphatic carbocycles. The van der Waals surface area contributed by atoms with E-state index in [2.05, 4.69) is 46.8 Å². The van der Waals surface area contributed by atoms with Gasteiger partial charge >= 0.3 is 13.2 Å². The number of hydrogen-bond donors (Lipinski definition) is 1. The van der Waals surface area contributed by atoms with Gasteiger partial charge in [-0.05, 0) is 36.3 Å². The highest BCUT2D eigenvalue weighted by Crippen LogP contribution is 2.64. The molecule has 1 aromatic rings. The molecular weight excluding hydrogens is 364 g/mol. The molecule has 148 valence electrons. The smallest absolute Gasteiger partial charge is 0.387 e. The minimum Gasteiger partial charge on any atom is -0.435 e. The van der Waals surface area contributed by atoms with E-state index in [4.69, 9.17) is 0 Å². The third kappa shape index (κ3) is 3.61. The SMILES string of the molecule is CC1(C)[C@H]2C=C(N/N=C\c3ccc(OC(F)F)cc3OC(F)F)[C@@]1(C)CC2. The summed E-state index contributed by atoms with van der Waals surface area (Å²) >= 11 is 0. The van der Waals surface area contributed by atoms with Gasteiger partial charge in [0.2, 0.25) is 0 Å². The molecule has 4 nitrogen and oxygen atoms in total. The molecule has 0 saturated heterocycles. The number of rotatable bonds is 7. The number of hydrogen-bond acceptors (Lipinski definition) is 4. The summed E-state index contributed by atoms with van der Waals surface area (Å²) in [4.78, 5) is 0. The number of halogens is 4. The molecule has 0 spiro atoms. The zero-order chi connectivity index (χ0) is 19.8. The summed E-state index contributed by atoms with van der Waals surface area (Å²) in [5.74, 6) is -0.0818. The van der Waals surface area contributed by atoms with Crippen molar-refractivity contribution in [2.75, 3.05) is 0 Å². The molecular formula is C19H22F4N2O2. The van der Waals surface area contributed by atoms with Gasteiger partial charge in [-0.3, -0.25) is 5.43 Å². The highest BCUT2D eigenvalue weighted by atomic mass is 19.3. The summed E-state index contributed by atoms with van der Waals surface area (Å²) < 4.78 is 58.5. The Kier molecular flexibility index (Phi) is 5.10. The summed E-state index contributed by atoms with van der Waals surface area (Å²) in [5.41, 5.74) is 4.36. The van der Waals surface area contributed by atoms with Crippen LogP contribution in [0.2, 0.25) is 0 Å². The van der Waals surface area contributed by atoms with Gasteiger partial charge in [-0.2, -0.15) is 22.7 Å². The number of hydrazone groups is 1.